The lowest BCUT2D eigenvalue weighted by Gasteiger charge is -2.48. The van der Waals surface area contributed by atoms with Crippen LogP contribution < -0.4 is 0 Å². The van der Waals surface area contributed by atoms with E-state index in [1.54, 1.807) is 6.20 Å². The minimum absolute atomic E-state index is 0.0923. The van der Waals surface area contributed by atoms with Crippen molar-refractivity contribution in [2.75, 3.05) is 26.3 Å². The van der Waals surface area contributed by atoms with Crippen molar-refractivity contribution in [1.29, 1.82) is 5.26 Å². The van der Waals surface area contributed by atoms with Crippen molar-refractivity contribution in [2.24, 2.45) is 5.41 Å². The molecule has 5 nitrogen and oxygen atoms in total. The van der Waals surface area contributed by atoms with Gasteiger partial charge in [-0.2, -0.15) is 5.26 Å². The second kappa shape index (κ2) is 4.92. The maximum atomic E-state index is 12.3. The number of likely N-dealkylation sites (tertiary alicyclic amines) is 1. The van der Waals surface area contributed by atoms with Crippen LogP contribution in [0.25, 0.3) is 5.70 Å². The molecular weight excluding hydrogens is 278 g/mol. The number of ketones is 1. The molecule has 0 atom stereocenters. The summed E-state index contributed by atoms with van der Waals surface area (Å²) < 4.78 is 5.36. The molecule has 0 unspecified atom stereocenters. The summed E-state index contributed by atoms with van der Waals surface area (Å²) in [5.74, 6) is -0.0923. The zero-order valence-electron chi connectivity index (χ0n) is 12.3. The first-order valence-electron chi connectivity index (χ1n) is 7.67. The summed E-state index contributed by atoms with van der Waals surface area (Å²) in [6.45, 7) is 3.40. The van der Waals surface area contributed by atoms with Crippen molar-refractivity contribution in [2.45, 2.75) is 19.3 Å². The second-order valence-corrected chi connectivity index (χ2v) is 6.43. The molecule has 5 heteroatoms. The van der Waals surface area contributed by atoms with E-state index in [1.165, 1.54) is 0 Å². The molecule has 0 bridgehead atoms. The van der Waals surface area contributed by atoms with E-state index in [0.29, 0.717) is 5.41 Å². The van der Waals surface area contributed by atoms with Gasteiger partial charge >= 0.3 is 0 Å². The Balaban J connectivity index is 1.71. The molecular formula is C17H17N3O2. The van der Waals surface area contributed by atoms with Crippen molar-refractivity contribution in [1.82, 2.24) is 9.88 Å². The Morgan fingerprint density at radius 1 is 1.32 bits per heavy atom. The highest BCUT2D eigenvalue weighted by Crippen LogP contribution is 2.41. The van der Waals surface area contributed by atoms with Gasteiger partial charge in [-0.15, -0.1) is 0 Å². The smallest absolute Gasteiger partial charge is 0.180 e. The number of hydrogen-bond donors (Lipinski definition) is 0. The highest BCUT2D eigenvalue weighted by atomic mass is 16.5. The van der Waals surface area contributed by atoms with Gasteiger partial charge in [-0.05, 0) is 24.5 Å². The van der Waals surface area contributed by atoms with Crippen LogP contribution >= 0.6 is 0 Å². The average Bonchev–Trinajstić information content (AvgIpc) is 2.52. The largest absolute Gasteiger partial charge is 0.380 e. The normalized spacial score (nSPS) is 23.0. The van der Waals surface area contributed by atoms with E-state index in [9.17, 15) is 10.1 Å². The third-order valence-corrected chi connectivity index (χ3v) is 5.05. The van der Waals surface area contributed by atoms with Gasteiger partial charge in [0.2, 0.25) is 0 Å². The van der Waals surface area contributed by atoms with Gasteiger partial charge < -0.3 is 9.64 Å². The van der Waals surface area contributed by atoms with Crippen LogP contribution in [-0.2, 0) is 16.0 Å². The van der Waals surface area contributed by atoms with E-state index in [1.807, 2.05) is 12.1 Å². The molecule has 0 aromatic carbocycles. The van der Waals surface area contributed by atoms with Gasteiger partial charge in [0.25, 0.3) is 0 Å². The van der Waals surface area contributed by atoms with Crippen LogP contribution in [0.3, 0.4) is 0 Å². The molecule has 0 N–H and O–H groups in total. The molecule has 22 heavy (non-hydrogen) atoms. The van der Waals surface area contributed by atoms with Crippen LogP contribution in [0.1, 0.15) is 24.1 Å². The molecule has 3 heterocycles. The summed E-state index contributed by atoms with van der Waals surface area (Å²) in [7, 11) is 0. The molecule has 3 aliphatic rings. The summed E-state index contributed by atoms with van der Waals surface area (Å²) >= 11 is 0. The molecule has 4 rings (SSSR count). The molecule has 112 valence electrons. The summed E-state index contributed by atoms with van der Waals surface area (Å²) in [6, 6.07) is 5.89. The van der Waals surface area contributed by atoms with Crippen LogP contribution in [0.4, 0.5) is 0 Å². The van der Waals surface area contributed by atoms with E-state index in [-0.39, 0.29) is 17.8 Å². The van der Waals surface area contributed by atoms with Crippen LogP contribution in [0.5, 0.6) is 0 Å². The fraction of sp³-hybridized carbons (Fsp3) is 0.471. The number of Topliss-reactive ketones (excluding diaryl/α,β-unsaturated/α-hetero) is 1. The van der Waals surface area contributed by atoms with E-state index in [0.717, 1.165) is 56.1 Å². The first-order chi connectivity index (χ1) is 10.7. The number of pyridine rings is 1. The number of piperidine rings is 1. The number of fused-ring (bicyclic) bond motifs is 1. The van der Waals surface area contributed by atoms with Gasteiger partial charge in [-0.25, -0.2) is 0 Å². The lowest BCUT2D eigenvalue weighted by atomic mass is 9.76. The highest BCUT2D eigenvalue weighted by Gasteiger charge is 2.42. The Morgan fingerprint density at radius 3 is 2.73 bits per heavy atom. The van der Waals surface area contributed by atoms with Gasteiger partial charge in [-0.3, -0.25) is 9.78 Å². The van der Waals surface area contributed by atoms with E-state index in [2.05, 4.69) is 16.0 Å². The monoisotopic (exact) mass is 295 g/mol. The lowest BCUT2D eigenvalue weighted by Crippen LogP contribution is -2.50. The molecule has 2 saturated heterocycles. The minimum atomic E-state index is -0.0923. The Morgan fingerprint density at radius 2 is 2.09 bits per heavy atom. The van der Waals surface area contributed by atoms with E-state index in [4.69, 9.17) is 4.74 Å². The molecule has 1 aliphatic carbocycles. The Kier molecular flexibility index (Phi) is 3.02. The molecule has 0 radical (unpaired) electrons. The van der Waals surface area contributed by atoms with Crippen LogP contribution in [0.15, 0.2) is 23.9 Å². The summed E-state index contributed by atoms with van der Waals surface area (Å²) in [4.78, 5) is 18.9. The van der Waals surface area contributed by atoms with Crippen molar-refractivity contribution in [3.63, 3.8) is 0 Å². The molecule has 1 spiro atoms. The summed E-state index contributed by atoms with van der Waals surface area (Å²) in [6.07, 6.45) is 4.10. The zero-order chi connectivity index (χ0) is 15.2. The number of nitrogens with zero attached hydrogens (tertiary/aromatic N) is 3. The number of rotatable bonds is 1. The zero-order valence-corrected chi connectivity index (χ0v) is 12.3. The van der Waals surface area contributed by atoms with Crippen LogP contribution in [-0.4, -0.2) is 42.0 Å². The van der Waals surface area contributed by atoms with E-state index < -0.39 is 0 Å². The van der Waals surface area contributed by atoms with Crippen LogP contribution in [0.2, 0.25) is 0 Å². The van der Waals surface area contributed by atoms with Gasteiger partial charge in [0.15, 0.2) is 5.78 Å². The minimum Gasteiger partial charge on any atom is -0.380 e. The standard InChI is InChI=1S/C17H17N3O2/c18-9-13-14(21)8-12-2-1-5-19-15(12)16(13)20-6-3-17(4-7-20)10-22-11-17/h1-2,5H,3-4,6-8,10-11H2. The van der Waals surface area contributed by atoms with Gasteiger partial charge in [-0.1, -0.05) is 6.07 Å². The van der Waals surface area contributed by atoms with Gasteiger partial charge in [0.1, 0.15) is 11.6 Å². The average molecular weight is 295 g/mol. The second-order valence-electron chi connectivity index (χ2n) is 6.43. The SMILES string of the molecule is N#CC1=C(N2CCC3(CC2)COC3)c2ncccc2CC1=O. The Hall–Kier alpha value is -2.19. The lowest BCUT2D eigenvalue weighted by molar-refractivity contribution is -0.135. The number of nitriles is 1. The molecule has 2 fully saturated rings. The van der Waals surface area contributed by atoms with Crippen molar-refractivity contribution in [3.8, 4) is 6.07 Å². The number of allylic oxidation sites excluding steroid dienone is 1. The number of carbonyl (C=O) groups is 1. The maximum absolute atomic E-state index is 12.3. The number of ether oxygens (including phenoxy) is 1. The highest BCUT2D eigenvalue weighted by molar-refractivity contribution is 6.09. The van der Waals surface area contributed by atoms with Crippen molar-refractivity contribution < 1.29 is 9.53 Å². The topological polar surface area (TPSA) is 66.2 Å². The molecule has 1 aromatic heterocycles. The summed E-state index contributed by atoms with van der Waals surface area (Å²) in [5, 5.41) is 9.44. The molecule has 1 aromatic rings. The fourth-order valence-corrected chi connectivity index (χ4v) is 3.61. The van der Waals surface area contributed by atoms with E-state index >= 15 is 0 Å². The first-order valence-corrected chi connectivity index (χ1v) is 7.67. The molecule has 0 saturated carbocycles. The molecule has 2 aliphatic heterocycles. The maximum Gasteiger partial charge on any atom is 0.180 e. The van der Waals surface area contributed by atoms with Crippen LogP contribution in [0, 0.1) is 16.7 Å². The number of hydrogen-bond acceptors (Lipinski definition) is 5. The molecule has 0 amide bonds. The summed E-state index contributed by atoms with van der Waals surface area (Å²) in [5.41, 5.74) is 3.07. The van der Waals surface area contributed by atoms with Crippen molar-refractivity contribution in [3.05, 3.63) is 35.2 Å². The Bertz CT molecular complexity index is 703. The van der Waals surface area contributed by atoms with Gasteiger partial charge in [0.05, 0.1) is 24.6 Å². The predicted molar refractivity (Wildman–Crippen MR) is 79.5 cm³/mol. The quantitative estimate of drug-likeness (QED) is 0.786. The fourth-order valence-electron chi connectivity index (χ4n) is 3.61. The van der Waals surface area contributed by atoms with Gasteiger partial charge in [0, 0.05) is 31.1 Å². The number of carbonyl (C=O) groups excluding carboxylic acids is 1. The first kappa shape index (κ1) is 13.5. The predicted octanol–water partition coefficient (Wildman–Crippen LogP) is 1.55. The van der Waals surface area contributed by atoms with Crippen molar-refractivity contribution >= 4 is 11.5 Å². The third-order valence-electron chi connectivity index (χ3n) is 5.05. The number of aromatic nitrogens is 1. The Labute approximate surface area is 129 Å². The third kappa shape index (κ3) is 1.95.